The Morgan fingerprint density at radius 3 is 1.33 bits per heavy atom. The van der Waals surface area contributed by atoms with Crippen molar-refractivity contribution in [1.29, 1.82) is 0 Å². The summed E-state index contributed by atoms with van der Waals surface area (Å²) in [5.74, 6) is 0. The Morgan fingerprint density at radius 2 is 1.33 bits per heavy atom. The van der Waals surface area contributed by atoms with Crippen LogP contribution in [-0.2, 0) is 19.5 Å². The molecule has 6 heavy (non-hydrogen) atoms. The van der Waals surface area contributed by atoms with Crippen molar-refractivity contribution in [3.63, 3.8) is 0 Å². The minimum Gasteiger partial charge on any atom is -0.356 e. The maximum absolute atomic E-state index is 8.25. The van der Waals surface area contributed by atoms with E-state index in [1.807, 2.05) is 0 Å². The van der Waals surface area contributed by atoms with Crippen LogP contribution in [0.4, 0.5) is 0 Å². The van der Waals surface area contributed by atoms with Crippen LogP contribution in [0, 0.1) is 15.3 Å². The normalized spacial score (nSPS) is 4.00. The van der Waals surface area contributed by atoms with Crippen LogP contribution < -0.4 is 6.15 Å². The summed E-state index contributed by atoms with van der Waals surface area (Å²) >= 11 is 0. The molecule has 0 aromatic carbocycles. The van der Waals surface area contributed by atoms with Gasteiger partial charge in [0.05, 0.1) is 5.09 Å². The minimum absolute atomic E-state index is 0. The monoisotopic (exact) mass is 143 g/mol. The van der Waals surface area contributed by atoms with Crippen LogP contribution in [0.3, 0.4) is 0 Å². The molecule has 0 bridgehead atoms. The molecule has 0 heterocycles. The number of hydrogen-bond donors (Lipinski definition) is 1. The predicted octanol–water partition coefficient (Wildman–Crippen LogP) is -0.0796. The van der Waals surface area contributed by atoms with E-state index in [-0.39, 0.29) is 25.6 Å². The van der Waals surface area contributed by atoms with Gasteiger partial charge in [-0.15, -0.1) is 0 Å². The predicted molar refractivity (Wildman–Crippen MR) is 15.4 cm³/mol. The van der Waals surface area contributed by atoms with E-state index in [2.05, 4.69) is 0 Å². The minimum atomic E-state index is -1.75. The summed E-state index contributed by atoms with van der Waals surface area (Å²) in [4.78, 5) is 8.25. The Bertz CT molecular complexity index is 31.8. The second-order valence-corrected chi connectivity index (χ2v) is 0.224. The number of hydrogen-bond acceptors (Lipinski definition) is 4. The van der Waals surface area contributed by atoms with E-state index in [0.29, 0.717) is 0 Å². The summed E-state index contributed by atoms with van der Waals surface area (Å²) in [7, 11) is 0. The van der Waals surface area contributed by atoms with E-state index in [0.717, 1.165) is 0 Å². The van der Waals surface area contributed by atoms with Crippen LogP contribution in [0.2, 0.25) is 0 Å². The SMILES string of the molecule is N.O=[N+]([O-])[O-].[Zn+2]. The molecule has 0 aromatic heterocycles. The van der Waals surface area contributed by atoms with Gasteiger partial charge < -0.3 is 21.5 Å². The number of nitrogens with zero attached hydrogens (tertiary/aromatic N) is 1. The van der Waals surface area contributed by atoms with Crippen molar-refractivity contribution in [2.45, 2.75) is 0 Å². The second-order valence-electron chi connectivity index (χ2n) is 0.224. The van der Waals surface area contributed by atoms with Gasteiger partial charge in [-0.05, 0) is 0 Å². The van der Waals surface area contributed by atoms with Crippen molar-refractivity contribution in [2.75, 3.05) is 0 Å². The van der Waals surface area contributed by atoms with Gasteiger partial charge in [0.15, 0.2) is 0 Å². The van der Waals surface area contributed by atoms with E-state index in [1.165, 1.54) is 0 Å². The topological polar surface area (TPSA) is 101 Å². The fourth-order valence-corrected chi connectivity index (χ4v) is 0. The van der Waals surface area contributed by atoms with E-state index < -0.39 is 5.09 Å². The van der Waals surface area contributed by atoms with E-state index >= 15 is 0 Å². The molecule has 0 saturated heterocycles. The number of rotatable bonds is 0. The third-order valence-corrected chi connectivity index (χ3v) is 0. The first-order valence-electron chi connectivity index (χ1n) is 0.548. The first-order valence-corrected chi connectivity index (χ1v) is 0.548. The van der Waals surface area contributed by atoms with Gasteiger partial charge in [-0.2, -0.15) is 0 Å². The zero-order chi connectivity index (χ0) is 3.58. The standard InChI is InChI=1S/NO3.H3N.Zn/c2-1(3)4;;/h;1H3;/q-1;;+2. The summed E-state index contributed by atoms with van der Waals surface area (Å²) in [6.45, 7) is 0. The van der Waals surface area contributed by atoms with Crippen molar-refractivity contribution in [3.05, 3.63) is 15.3 Å². The molecular weight excluding hydrogens is 141 g/mol. The molecule has 6 heteroatoms. The molecule has 0 atom stereocenters. The van der Waals surface area contributed by atoms with Crippen molar-refractivity contribution in [1.82, 2.24) is 6.15 Å². The fourth-order valence-electron chi connectivity index (χ4n) is 0. The molecule has 0 saturated carbocycles. The van der Waals surface area contributed by atoms with Gasteiger partial charge in [-0.3, -0.25) is 0 Å². The average Bonchev–Trinajstić information content (AvgIpc) is 0.811. The first kappa shape index (κ1) is 17.1. The summed E-state index contributed by atoms with van der Waals surface area (Å²) < 4.78 is 0. The van der Waals surface area contributed by atoms with Crippen LogP contribution >= 0.6 is 0 Å². The molecule has 0 aliphatic carbocycles. The third kappa shape index (κ3) is 625. The molecular formula is H3N2O3Zn+. The quantitative estimate of drug-likeness (QED) is 0.292. The third-order valence-electron chi connectivity index (χ3n) is 0. The van der Waals surface area contributed by atoms with Gasteiger partial charge in [0.25, 0.3) is 0 Å². The maximum Gasteiger partial charge on any atom is 2.00 e. The van der Waals surface area contributed by atoms with Crippen LogP contribution in [0.15, 0.2) is 0 Å². The molecule has 0 unspecified atom stereocenters. The molecule has 0 spiro atoms. The van der Waals surface area contributed by atoms with E-state index in [1.54, 1.807) is 0 Å². The zero-order valence-corrected chi connectivity index (χ0v) is 6.05. The van der Waals surface area contributed by atoms with E-state index in [9.17, 15) is 0 Å². The molecule has 0 fully saturated rings. The van der Waals surface area contributed by atoms with Crippen LogP contribution in [0.25, 0.3) is 0 Å². The largest absolute Gasteiger partial charge is 2.00 e. The zero-order valence-electron chi connectivity index (χ0n) is 3.09. The van der Waals surface area contributed by atoms with Gasteiger partial charge in [0.2, 0.25) is 0 Å². The molecule has 0 rings (SSSR count). The molecule has 0 aliphatic rings. The van der Waals surface area contributed by atoms with Crippen molar-refractivity contribution >= 4 is 0 Å². The van der Waals surface area contributed by atoms with Crippen LogP contribution in [0.1, 0.15) is 0 Å². The molecule has 3 N–H and O–H groups in total. The van der Waals surface area contributed by atoms with Crippen LogP contribution in [0.5, 0.6) is 0 Å². The molecule has 5 nitrogen and oxygen atoms in total. The Kier molecular flexibility index (Phi) is 25.2. The van der Waals surface area contributed by atoms with Gasteiger partial charge in [0, 0.05) is 0 Å². The van der Waals surface area contributed by atoms with Gasteiger partial charge in [0.1, 0.15) is 0 Å². The second kappa shape index (κ2) is 8.84. The van der Waals surface area contributed by atoms with Gasteiger partial charge >= 0.3 is 19.5 Å². The summed E-state index contributed by atoms with van der Waals surface area (Å²) in [5.41, 5.74) is 0. The Hall–Kier alpha value is -0.217. The molecule has 0 aromatic rings. The molecule has 0 aliphatic heterocycles. The summed E-state index contributed by atoms with van der Waals surface area (Å²) in [6.07, 6.45) is 0. The van der Waals surface area contributed by atoms with Crippen LogP contribution in [-0.4, -0.2) is 5.09 Å². The average molecular weight is 144 g/mol. The van der Waals surface area contributed by atoms with Crippen molar-refractivity contribution < 1.29 is 24.6 Å². The molecule has 32 valence electrons. The first-order chi connectivity index (χ1) is 1.73. The Morgan fingerprint density at radius 1 is 1.33 bits per heavy atom. The van der Waals surface area contributed by atoms with E-state index in [4.69, 9.17) is 15.3 Å². The molecule has 0 radical (unpaired) electrons. The van der Waals surface area contributed by atoms with Crippen molar-refractivity contribution in [3.8, 4) is 0 Å². The van der Waals surface area contributed by atoms with Gasteiger partial charge in [-0.1, -0.05) is 0 Å². The summed E-state index contributed by atoms with van der Waals surface area (Å²) in [5, 5.41) is 14.8. The summed E-state index contributed by atoms with van der Waals surface area (Å²) in [6, 6.07) is 0. The fraction of sp³-hybridized carbons (Fsp3) is 0. The smallest absolute Gasteiger partial charge is 0.356 e. The van der Waals surface area contributed by atoms with Gasteiger partial charge in [-0.25, -0.2) is 0 Å². The van der Waals surface area contributed by atoms with Crippen molar-refractivity contribution in [2.24, 2.45) is 0 Å². The maximum atomic E-state index is 8.25. The Balaban J connectivity index is -0.0000000450. The Labute approximate surface area is 46.8 Å². The molecule has 0 amide bonds.